The van der Waals surface area contributed by atoms with Crippen LogP contribution in [-0.4, -0.2) is 34.3 Å². The van der Waals surface area contributed by atoms with E-state index < -0.39 is 11.9 Å². The van der Waals surface area contributed by atoms with E-state index in [2.05, 4.69) is 12.2 Å². The molecule has 0 aliphatic rings. The van der Waals surface area contributed by atoms with Crippen molar-refractivity contribution in [3.8, 4) is 0 Å². The van der Waals surface area contributed by atoms with Gasteiger partial charge in [0.2, 0.25) is 0 Å². The number of nitrogens with one attached hydrogen (secondary N) is 1. The first-order valence-electron chi connectivity index (χ1n) is 13.9. The molecule has 2 N–H and O–H groups in total. The van der Waals surface area contributed by atoms with Crippen LogP contribution in [0.1, 0.15) is 112 Å². The van der Waals surface area contributed by atoms with Crippen molar-refractivity contribution in [3.05, 3.63) is 71.3 Å². The number of rotatable bonds is 17. The number of carbonyl (C=O) groups is 3. The molecular weight excluding hydrogens is 464 g/mol. The van der Waals surface area contributed by atoms with Gasteiger partial charge >= 0.3 is 11.9 Å². The van der Waals surface area contributed by atoms with Crippen LogP contribution < -0.4 is 5.32 Å². The molecule has 1 atom stereocenters. The van der Waals surface area contributed by atoms with Gasteiger partial charge in [0.15, 0.2) is 0 Å². The Kier molecular flexibility index (Phi) is 14.1. The van der Waals surface area contributed by atoms with Gasteiger partial charge in [0.05, 0.1) is 6.04 Å². The molecule has 0 radical (unpaired) electrons. The van der Waals surface area contributed by atoms with Crippen LogP contribution >= 0.6 is 0 Å². The lowest BCUT2D eigenvalue weighted by molar-refractivity contribution is -0.157. The summed E-state index contributed by atoms with van der Waals surface area (Å²) in [5.41, 5.74) is 2.11. The highest BCUT2D eigenvalue weighted by molar-refractivity contribution is 6.31. The van der Waals surface area contributed by atoms with Gasteiger partial charge < -0.3 is 15.3 Å². The van der Waals surface area contributed by atoms with E-state index in [4.69, 9.17) is 0 Å². The Labute approximate surface area is 222 Å². The smallest absolute Gasteiger partial charge is 0.394 e. The van der Waals surface area contributed by atoms with Gasteiger partial charge in [0.1, 0.15) is 0 Å². The molecule has 0 aliphatic carbocycles. The van der Waals surface area contributed by atoms with E-state index >= 15 is 0 Å². The molecule has 0 fully saturated rings. The van der Waals surface area contributed by atoms with Gasteiger partial charge in [0, 0.05) is 18.7 Å². The van der Waals surface area contributed by atoms with E-state index in [9.17, 15) is 19.5 Å². The van der Waals surface area contributed by atoms with E-state index in [0.29, 0.717) is 18.5 Å². The second-order valence-electron chi connectivity index (χ2n) is 9.71. The molecule has 6 heteroatoms. The Bertz CT molecular complexity index is 961. The lowest BCUT2D eigenvalue weighted by Gasteiger charge is -2.30. The van der Waals surface area contributed by atoms with E-state index in [1.807, 2.05) is 43.3 Å². The summed E-state index contributed by atoms with van der Waals surface area (Å²) >= 11 is 0. The Balaban J connectivity index is 1.88. The number of aliphatic carboxylic acids is 1. The summed E-state index contributed by atoms with van der Waals surface area (Å²) < 4.78 is 0. The van der Waals surface area contributed by atoms with Crippen LogP contribution in [0.25, 0.3) is 0 Å². The second-order valence-corrected chi connectivity index (χ2v) is 9.71. The van der Waals surface area contributed by atoms with Crippen LogP contribution in [0.15, 0.2) is 54.6 Å². The fourth-order valence-electron chi connectivity index (χ4n) is 4.68. The largest absolute Gasteiger partial charge is 0.474 e. The first-order valence-corrected chi connectivity index (χ1v) is 13.9. The molecule has 0 bridgehead atoms. The Hall–Kier alpha value is -3.15. The molecule has 2 aromatic carbocycles. The molecular formula is C31H44N2O4. The zero-order valence-electron chi connectivity index (χ0n) is 22.6. The Morgan fingerprint density at radius 1 is 0.811 bits per heavy atom. The predicted octanol–water partition coefficient (Wildman–Crippen LogP) is 6.90. The molecule has 202 valence electrons. The van der Waals surface area contributed by atoms with E-state index in [0.717, 1.165) is 24.0 Å². The summed E-state index contributed by atoms with van der Waals surface area (Å²) in [6, 6.07) is 16.1. The van der Waals surface area contributed by atoms with Crippen molar-refractivity contribution in [2.45, 2.75) is 97.1 Å². The zero-order valence-corrected chi connectivity index (χ0v) is 22.6. The highest BCUT2D eigenvalue weighted by Crippen LogP contribution is 2.26. The maximum absolute atomic E-state index is 12.7. The molecule has 2 amide bonds. The number of carbonyl (C=O) groups excluding carboxylic acids is 2. The third kappa shape index (κ3) is 10.8. The molecule has 2 aromatic rings. The fourth-order valence-corrected chi connectivity index (χ4v) is 4.68. The average molecular weight is 509 g/mol. The van der Waals surface area contributed by atoms with Crippen molar-refractivity contribution in [2.75, 3.05) is 6.54 Å². The topological polar surface area (TPSA) is 86.7 Å². The molecule has 0 heterocycles. The van der Waals surface area contributed by atoms with Crippen molar-refractivity contribution in [1.29, 1.82) is 0 Å². The maximum atomic E-state index is 12.7. The number of hydrogen-bond donors (Lipinski definition) is 2. The summed E-state index contributed by atoms with van der Waals surface area (Å²) in [7, 11) is 0. The summed E-state index contributed by atoms with van der Waals surface area (Å²) in [5, 5.41) is 12.4. The highest BCUT2D eigenvalue weighted by atomic mass is 16.4. The summed E-state index contributed by atoms with van der Waals surface area (Å²) in [5.74, 6) is -2.59. The average Bonchev–Trinajstić information content (AvgIpc) is 2.91. The maximum Gasteiger partial charge on any atom is 0.394 e. The van der Waals surface area contributed by atoms with E-state index in [1.54, 1.807) is 18.2 Å². The molecule has 0 saturated heterocycles. The third-order valence-electron chi connectivity index (χ3n) is 6.75. The molecule has 2 rings (SSSR count). The lowest BCUT2D eigenvalue weighted by atomic mass is 10.0. The minimum absolute atomic E-state index is 0.109. The monoisotopic (exact) mass is 508 g/mol. The highest BCUT2D eigenvalue weighted by Gasteiger charge is 2.28. The number of benzene rings is 2. The normalized spacial score (nSPS) is 11.6. The van der Waals surface area contributed by atoms with Crippen LogP contribution in [-0.2, 0) is 16.1 Å². The van der Waals surface area contributed by atoms with Crippen LogP contribution in [0.3, 0.4) is 0 Å². The quantitative estimate of drug-likeness (QED) is 0.180. The van der Waals surface area contributed by atoms with Crippen LogP contribution in [0.4, 0.5) is 0 Å². The fraction of sp³-hybridized carbons (Fsp3) is 0.516. The minimum atomic E-state index is -1.49. The summed E-state index contributed by atoms with van der Waals surface area (Å²) in [6.45, 7) is 4.91. The molecule has 0 aliphatic heterocycles. The number of hydrogen-bond acceptors (Lipinski definition) is 3. The zero-order chi connectivity index (χ0) is 26.9. The van der Waals surface area contributed by atoms with Crippen molar-refractivity contribution in [3.63, 3.8) is 0 Å². The molecule has 37 heavy (non-hydrogen) atoms. The van der Waals surface area contributed by atoms with Crippen LogP contribution in [0.5, 0.6) is 0 Å². The first-order chi connectivity index (χ1) is 18.0. The summed E-state index contributed by atoms with van der Waals surface area (Å²) in [4.78, 5) is 38.3. The van der Waals surface area contributed by atoms with E-state index in [-0.39, 0.29) is 18.5 Å². The van der Waals surface area contributed by atoms with Gasteiger partial charge in [-0.25, -0.2) is 4.79 Å². The van der Waals surface area contributed by atoms with E-state index in [1.165, 1.54) is 56.3 Å². The minimum Gasteiger partial charge on any atom is -0.474 e. The van der Waals surface area contributed by atoms with Crippen molar-refractivity contribution in [2.24, 2.45) is 0 Å². The third-order valence-corrected chi connectivity index (χ3v) is 6.75. The van der Waals surface area contributed by atoms with Gasteiger partial charge in [-0.3, -0.25) is 9.59 Å². The molecule has 6 nitrogen and oxygen atoms in total. The van der Waals surface area contributed by atoms with Gasteiger partial charge in [-0.15, -0.1) is 0 Å². The second kappa shape index (κ2) is 17.3. The molecule has 0 aromatic heterocycles. The van der Waals surface area contributed by atoms with Crippen molar-refractivity contribution < 1.29 is 19.5 Å². The standard InChI is InChI=1S/C31H44N2O4/c1-3-5-6-7-8-9-10-11-12-16-22-32-29(34)27-21-17-18-25(23-27)24-33(30(35)31(36)37)28(4-2)26-19-14-13-15-20-26/h13-15,17-21,23,28H,3-12,16,22,24H2,1-2H3,(H,32,34)(H,36,37). The van der Waals surface area contributed by atoms with Crippen molar-refractivity contribution in [1.82, 2.24) is 10.2 Å². The van der Waals surface area contributed by atoms with Gasteiger partial charge in [-0.05, 0) is 36.1 Å². The van der Waals surface area contributed by atoms with Crippen LogP contribution in [0.2, 0.25) is 0 Å². The number of amides is 2. The van der Waals surface area contributed by atoms with Gasteiger partial charge in [-0.1, -0.05) is 114 Å². The molecule has 1 unspecified atom stereocenters. The number of nitrogens with zero attached hydrogens (tertiary/aromatic N) is 1. The predicted molar refractivity (Wildman–Crippen MR) is 148 cm³/mol. The lowest BCUT2D eigenvalue weighted by Crippen LogP contribution is -2.38. The first kappa shape index (κ1) is 30.1. The SMILES string of the molecule is CCCCCCCCCCCCNC(=O)c1cccc(CN(C(=O)C(=O)O)C(CC)c2ccccc2)c1. The molecule has 0 spiro atoms. The van der Waals surface area contributed by atoms with Crippen LogP contribution in [0, 0.1) is 0 Å². The van der Waals surface area contributed by atoms with Crippen molar-refractivity contribution >= 4 is 17.8 Å². The Morgan fingerprint density at radius 3 is 2.03 bits per heavy atom. The Morgan fingerprint density at radius 2 is 1.43 bits per heavy atom. The van der Waals surface area contributed by atoms with Gasteiger partial charge in [0.25, 0.3) is 5.91 Å². The number of carboxylic acids is 1. The number of carboxylic acid groups (broad SMARTS) is 1. The number of unbranched alkanes of at least 4 members (excludes halogenated alkanes) is 9. The summed E-state index contributed by atoms with van der Waals surface area (Å²) in [6.07, 6.45) is 13.0. The van der Waals surface area contributed by atoms with Gasteiger partial charge in [-0.2, -0.15) is 0 Å². The molecule has 0 saturated carbocycles.